The number of hydrogen-bond donors (Lipinski definition) is 3. The number of phenolic OH excluding ortho intramolecular Hbond substituents is 1. The van der Waals surface area contributed by atoms with Crippen molar-refractivity contribution in [3.05, 3.63) is 27.7 Å². The van der Waals surface area contributed by atoms with E-state index in [0.717, 1.165) is 0 Å². The van der Waals surface area contributed by atoms with Gasteiger partial charge in [0, 0.05) is 23.7 Å². The Kier molecular flexibility index (Phi) is 5.93. The molecule has 19 heavy (non-hydrogen) atoms. The smallest absolute Gasteiger partial charge is 0.138 e. The molecule has 0 aliphatic heterocycles. The molecular weight excluding hydrogens is 285 g/mol. The maximum absolute atomic E-state index is 10.2. The van der Waals surface area contributed by atoms with Crippen molar-refractivity contribution < 1.29 is 10.2 Å². The molecule has 0 aromatic heterocycles. The minimum atomic E-state index is -0.772. The highest BCUT2D eigenvalue weighted by molar-refractivity contribution is 6.35. The van der Waals surface area contributed by atoms with Gasteiger partial charge >= 0.3 is 0 Å². The van der Waals surface area contributed by atoms with Crippen LogP contribution in [0.5, 0.6) is 5.75 Å². The standard InChI is InChI=1S/C14H21Cl2NO2/c1-9(2)6-14(3,19)8-17-7-10-4-11(15)5-12(16)13(10)18/h4-5,9,17-19H,6-8H2,1-3H3. The van der Waals surface area contributed by atoms with E-state index in [0.29, 0.717) is 36.0 Å². The molecule has 0 saturated heterocycles. The lowest BCUT2D eigenvalue weighted by molar-refractivity contribution is 0.0383. The van der Waals surface area contributed by atoms with Crippen molar-refractivity contribution in [2.24, 2.45) is 5.92 Å². The molecule has 5 heteroatoms. The molecule has 0 spiro atoms. The molecule has 1 aromatic carbocycles. The summed E-state index contributed by atoms with van der Waals surface area (Å²) in [7, 11) is 0. The molecule has 0 radical (unpaired) electrons. The van der Waals surface area contributed by atoms with E-state index in [1.165, 1.54) is 6.07 Å². The molecule has 0 saturated carbocycles. The summed E-state index contributed by atoms with van der Waals surface area (Å²) in [4.78, 5) is 0. The van der Waals surface area contributed by atoms with Crippen molar-refractivity contribution in [1.29, 1.82) is 0 Å². The zero-order valence-corrected chi connectivity index (χ0v) is 13.0. The van der Waals surface area contributed by atoms with Gasteiger partial charge < -0.3 is 15.5 Å². The summed E-state index contributed by atoms with van der Waals surface area (Å²) in [5, 5.41) is 23.8. The van der Waals surface area contributed by atoms with Gasteiger partial charge in [0.15, 0.2) is 0 Å². The summed E-state index contributed by atoms with van der Waals surface area (Å²) in [5.41, 5.74) is -0.149. The van der Waals surface area contributed by atoms with Crippen LogP contribution in [0.1, 0.15) is 32.8 Å². The highest BCUT2D eigenvalue weighted by atomic mass is 35.5. The second-order valence-corrected chi connectivity index (χ2v) is 6.44. The number of nitrogens with one attached hydrogen (secondary N) is 1. The Balaban J connectivity index is 2.58. The van der Waals surface area contributed by atoms with Gasteiger partial charge in [-0.05, 0) is 31.4 Å². The maximum Gasteiger partial charge on any atom is 0.138 e. The first-order chi connectivity index (χ1) is 8.71. The number of aromatic hydroxyl groups is 1. The number of rotatable bonds is 6. The molecule has 108 valence electrons. The van der Waals surface area contributed by atoms with Crippen LogP contribution in [0, 0.1) is 5.92 Å². The first kappa shape index (κ1) is 16.6. The molecule has 1 unspecified atom stereocenters. The van der Waals surface area contributed by atoms with Gasteiger partial charge in [0.05, 0.1) is 10.6 Å². The monoisotopic (exact) mass is 305 g/mol. The van der Waals surface area contributed by atoms with E-state index in [2.05, 4.69) is 19.2 Å². The molecular formula is C14H21Cl2NO2. The van der Waals surface area contributed by atoms with Crippen LogP contribution in [0.25, 0.3) is 0 Å². The minimum Gasteiger partial charge on any atom is -0.506 e. The molecule has 0 heterocycles. The highest BCUT2D eigenvalue weighted by Gasteiger charge is 2.21. The lowest BCUT2D eigenvalue weighted by Crippen LogP contribution is -2.38. The van der Waals surface area contributed by atoms with E-state index in [9.17, 15) is 10.2 Å². The quantitative estimate of drug-likeness (QED) is 0.753. The van der Waals surface area contributed by atoms with Gasteiger partial charge in [0.2, 0.25) is 0 Å². The van der Waals surface area contributed by atoms with Crippen LogP contribution in [0.3, 0.4) is 0 Å². The first-order valence-electron chi connectivity index (χ1n) is 6.31. The predicted molar refractivity (Wildman–Crippen MR) is 79.9 cm³/mol. The summed E-state index contributed by atoms with van der Waals surface area (Å²) in [6.07, 6.45) is 0.711. The Bertz CT molecular complexity index is 434. The normalized spacial score (nSPS) is 14.7. The van der Waals surface area contributed by atoms with E-state index >= 15 is 0 Å². The highest BCUT2D eigenvalue weighted by Crippen LogP contribution is 2.31. The van der Waals surface area contributed by atoms with Crippen LogP contribution >= 0.6 is 23.2 Å². The van der Waals surface area contributed by atoms with Gasteiger partial charge in [-0.25, -0.2) is 0 Å². The largest absolute Gasteiger partial charge is 0.506 e. The Morgan fingerprint density at radius 2 is 1.95 bits per heavy atom. The molecule has 1 aromatic rings. The number of halogens is 2. The number of aliphatic hydroxyl groups is 1. The van der Waals surface area contributed by atoms with Crippen LogP contribution in [0.2, 0.25) is 10.0 Å². The number of phenols is 1. The summed E-state index contributed by atoms with van der Waals surface area (Å²) in [6, 6.07) is 3.16. The van der Waals surface area contributed by atoms with Crippen molar-refractivity contribution in [2.75, 3.05) is 6.54 Å². The van der Waals surface area contributed by atoms with Gasteiger partial charge in [0.25, 0.3) is 0 Å². The topological polar surface area (TPSA) is 52.5 Å². The molecule has 1 atom stereocenters. The molecule has 0 fully saturated rings. The van der Waals surface area contributed by atoms with Crippen LogP contribution in [0.15, 0.2) is 12.1 Å². The maximum atomic E-state index is 10.2. The first-order valence-corrected chi connectivity index (χ1v) is 7.07. The second-order valence-electron chi connectivity index (χ2n) is 5.59. The third-order valence-corrected chi connectivity index (χ3v) is 3.28. The van der Waals surface area contributed by atoms with Crippen molar-refractivity contribution in [3.8, 4) is 5.75 Å². The minimum absolute atomic E-state index is 0.0297. The average molecular weight is 306 g/mol. The Hall–Kier alpha value is -0.480. The van der Waals surface area contributed by atoms with Crippen LogP contribution < -0.4 is 5.32 Å². The SMILES string of the molecule is CC(C)CC(C)(O)CNCc1cc(Cl)cc(Cl)c1O. The van der Waals surface area contributed by atoms with Gasteiger partial charge in [-0.1, -0.05) is 37.0 Å². The second kappa shape index (κ2) is 6.80. The van der Waals surface area contributed by atoms with Crippen LogP contribution in [0.4, 0.5) is 0 Å². The summed E-state index contributed by atoms with van der Waals surface area (Å²) >= 11 is 11.7. The summed E-state index contributed by atoms with van der Waals surface area (Å²) in [6.45, 7) is 6.77. The number of benzene rings is 1. The van der Waals surface area contributed by atoms with Crippen LogP contribution in [-0.4, -0.2) is 22.4 Å². The third kappa shape index (κ3) is 5.57. The Labute approximate surface area is 124 Å². The van der Waals surface area contributed by atoms with Gasteiger partial charge in [-0.3, -0.25) is 0 Å². The zero-order valence-electron chi connectivity index (χ0n) is 11.5. The van der Waals surface area contributed by atoms with Gasteiger partial charge in [-0.15, -0.1) is 0 Å². The zero-order chi connectivity index (χ0) is 14.6. The fraction of sp³-hybridized carbons (Fsp3) is 0.571. The van der Waals surface area contributed by atoms with E-state index in [4.69, 9.17) is 23.2 Å². The molecule has 3 nitrogen and oxygen atoms in total. The number of hydrogen-bond acceptors (Lipinski definition) is 3. The van der Waals surface area contributed by atoms with Crippen LogP contribution in [-0.2, 0) is 6.54 Å². The van der Waals surface area contributed by atoms with E-state index in [-0.39, 0.29) is 10.8 Å². The molecule has 0 amide bonds. The van der Waals surface area contributed by atoms with E-state index in [1.54, 1.807) is 13.0 Å². The molecule has 0 aliphatic carbocycles. The summed E-state index contributed by atoms with van der Waals surface area (Å²) < 4.78 is 0. The molecule has 1 rings (SSSR count). The van der Waals surface area contributed by atoms with E-state index in [1.807, 2.05) is 0 Å². The van der Waals surface area contributed by atoms with Crippen molar-refractivity contribution in [3.63, 3.8) is 0 Å². The lowest BCUT2D eigenvalue weighted by atomic mass is 9.94. The molecule has 0 aliphatic rings. The predicted octanol–water partition coefficient (Wildman–Crippen LogP) is 3.59. The van der Waals surface area contributed by atoms with Gasteiger partial charge in [-0.2, -0.15) is 0 Å². The third-order valence-electron chi connectivity index (χ3n) is 2.78. The van der Waals surface area contributed by atoms with Crippen molar-refractivity contribution in [1.82, 2.24) is 5.32 Å². The fourth-order valence-corrected chi connectivity index (χ4v) is 2.71. The van der Waals surface area contributed by atoms with Gasteiger partial charge in [0.1, 0.15) is 5.75 Å². The Morgan fingerprint density at radius 3 is 2.53 bits per heavy atom. The lowest BCUT2D eigenvalue weighted by Gasteiger charge is -2.25. The van der Waals surface area contributed by atoms with E-state index < -0.39 is 5.60 Å². The van der Waals surface area contributed by atoms with Crippen molar-refractivity contribution >= 4 is 23.2 Å². The average Bonchev–Trinajstić information content (AvgIpc) is 2.22. The summed E-state index contributed by atoms with van der Waals surface area (Å²) in [5.74, 6) is 0.452. The molecule has 3 N–H and O–H groups in total. The molecule has 0 bridgehead atoms. The fourth-order valence-electron chi connectivity index (χ4n) is 2.17. The Morgan fingerprint density at radius 1 is 1.32 bits per heavy atom. The van der Waals surface area contributed by atoms with Crippen molar-refractivity contribution in [2.45, 2.75) is 39.3 Å².